The second kappa shape index (κ2) is 7.30. The first-order chi connectivity index (χ1) is 13.2. The Labute approximate surface area is 158 Å². The number of anilines is 2. The summed E-state index contributed by atoms with van der Waals surface area (Å²) in [6.07, 6.45) is 0. The Morgan fingerprint density at radius 1 is 0.926 bits per heavy atom. The van der Waals surface area contributed by atoms with Crippen LogP contribution in [-0.4, -0.2) is 9.30 Å². The van der Waals surface area contributed by atoms with E-state index in [0.29, 0.717) is 15.9 Å². The van der Waals surface area contributed by atoms with E-state index in [4.69, 9.17) is 0 Å². The third-order valence-electron chi connectivity index (χ3n) is 3.88. The normalized spacial score (nSPS) is 11.1. The smallest absolute Gasteiger partial charge is 0.258 e. The van der Waals surface area contributed by atoms with Gasteiger partial charge in [0.1, 0.15) is 0 Å². The third-order valence-corrected chi connectivity index (χ3v) is 4.64. The van der Waals surface area contributed by atoms with Crippen LogP contribution in [0, 0.1) is 10.1 Å². The van der Waals surface area contributed by atoms with E-state index in [1.807, 2.05) is 60.7 Å². The van der Waals surface area contributed by atoms with Crippen LogP contribution in [0.25, 0.3) is 10.9 Å². The van der Waals surface area contributed by atoms with Gasteiger partial charge in [-0.1, -0.05) is 41.6 Å². The summed E-state index contributed by atoms with van der Waals surface area (Å²) in [4.78, 5) is 10.6. The molecule has 1 aromatic heterocycles. The Balaban J connectivity index is 1.75. The predicted octanol–water partition coefficient (Wildman–Crippen LogP) is 6.04. The molecule has 0 N–H and O–H groups in total. The van der Waals surface area contributed by atoms with Crippen molar-refractivity contribution in [1.82, 2.24) is 4.37 Å². The molecule has 1 heterocycles. The Morgan fingerprint density at radius 3 is 2.15 bits per heavy atom. The number of rotatable bonds is 5. The van der Waals surface area contributed by atoms with Gasteiger partial charge in [-0.3, -0.25) is 10.1 Å². The van der Waals surface area contributed by atoms with Gasteiger partial charge in [0.05, 0.1) is 21.8 Å². The maximum Gasteiger partial charge on any atom is 0.270 e. The number of hydrogen-bond donors (Lipinski definition) is 0. The molecular weight excluding hydrogens is 362 g/mol. The molecule has 132 valence electrons. The van der Waals surface area contributed by atoms with Gasteiger partial charge in [0.2, 0.25) is 0 Å². The number of benzene rings is 3. The molecule has 0 aliphatic carbocycles. The number of fused-ring (bicyclic) bond motifs is 1. The van der Waals surface area contributed by atoms with Crippen LogP contribution in [-0.2, 0) is 0 Å². The number of nitro benzene ring substituents is 1. The molecule has 4 rings (SSSR count). The third kappa shape index (κ3) is 3.51. The fraction of sp³-hybridized carbons (Fsp3) is 0. The first-order valence-corrected chi connectivity index (χ1v) is 8.85. The Bertz CT molecular complexity index is 1070. The summed E-state index contributed by atoms with van der Waals surface area (Å²) >= 11 is 1.16. The summed E-state index contributed by atoms with van der Waals surface area (Å²) in [5, 5.41) is 22.6. The van der Waals surface area contributed by atoms with E-state index >= 15 is 0 Å². The number of nitrogens with zero attached hydrogens (tertiary/aromatic N) is 5. The molecule has 0 atom stereocenters. The fourth-order valence-electron chi connectivity index (χ4n) is 2.58. The van der Waals surface area contributed by atoms with Gasteiger partial charge in [-0.2, -0.15) is 4.37 Å². The average Bonchev–Trinajstić information content (AvgIpc) is 3.12. The van der Waals surface area contributed by atoms with E-state index in [9.17, 15) is 10.1 Å². The minimum Gasteiger partial charge on any atom is -0.258 e. The van der Waals surface area contributed by atoms with E-state index in [1.165, 1.54) is 12.1 Å². The first kappa shape index (κ1) is 16.8. The molecule has 0 amide bonds. The molecule has 3 aromatic carbocycles. The standard InChI is InChI=1S/C19H13N5O2S/c25-24(26)16-11-12-18-17(13-16)19(27-21-18)20-22-23(14-7-3-1-4-8-14)15-9-5-2-6-10-15/h1-13H. The highest BCUT2D eigenvalue weighted by molar-refractivity contribution is 7.11. The Kier molecular flexibility index (Phi) is 4.54. The average molecular weight is 375 g/mol. The van der Waals surface area contributed by atoms with Gasteiger partial charge in [0, 0.05) is 17.5 Å². The van der Waals surface area contributed by atoms with Crippen LogP contribution in [0.1, 0.15) is 0 Å². The molecule has 0 unspecified atom stereocenters. The van der Waals surface area contributed by atoms with Crippen molar-refractivity contribution in [3.8, 4) is 0 Å². The lowest BCUT2D eigenvalue weighted by Gasteiger charge is -2.17. The topological polar surface area (TPSA) is 84.0 Å². The van der Waals surface area contributed by atoms with Crippen molar-refractivity contribution < 1.29 is 4.92 Å². The SMILES string of the molecule is O=[N+]([O-])c1ccc2nsc(N=NN(c3ccccc3)c3ccccc3)c2c1. The lowest BCUT2D eigenvalue weighted by atomic mass is 10.2. The molecule has 0 bridgehead atoms. The highest BCUT2D eigenvalue weighted by atomic mass is 32.1. The molecule has 0 saturated carbocycles. The molecular formula is C19H13N5O2S. The van der Waals surface area contributed by atoms with Crippen LogP contribution < -0.4 is 5.01 Å². The van der Waals surface area contributed by atoms with Crippen LogP contribution in [0.3, 0.4) is 0 Å². The lowest BCUT2D eigenvalue weighted by Crippen LogP contribution is -2.07. The van der Waals surface area contributed by atoms with Crippen molar-refractivity contribution in [2.75, 3.05) is 5.01 Å². The van der Waals surface area contributed by atoms with Crippen molar-refractivity contribution >= 4 is 44.5 Å². The summed E-state index contributed by atoms with van der Waals surface area (Å²) in [7, 11) is 0. The van der Waals surface area contributed by atoms with Crippen LogP contribution in [0.5, 0.6) is 0 Å². The van der Waals surface area contributed by atoms with E-state index in [1.54, 1.807) is 11.1 Å². The van der Waals surface area contributed by atoms with Crippen molar-refractivity contribution in [2.24, 2.45) is 10.3 Å². The number of hydrogen-bond acceptors (Lipinski definition) is 6. The van der Waals surface area contributed by atoms with Crippen molar-refractivity contribution in [2.45, 2.75) is 0 Å². The van der Waals surface area contributed by atoms with Crippen LogP contribution >= 0.6 is 11.5 Å². The molecule has 8 heteroatoms. The summed E-state index contributed by atoms with van der Waals surface area (Å²) in [6.45, 7) is 0. The quantitative estimate of drug-likeness (QED) is 0.242. The summed E-state index contributed by atoms with van der Waals surface area (Å²) < 4.78 is 4.29. The van der Waals surface area contributed by atoms with Gasteiger partial charge >= 0.3 is 0 Å². The maximum absolute atomic E-state index is 11.0. The van der Waals surface area contributed by atoms with E-state index in [0.717, 1.165) is 22.9 Å². The van der Waals surface area contributed by atoms with Crippen molar-refractivity contribution in [3.63, 3.8) is 0 Å². The molecule has 0 fully saturated rings. The Morgan fingerprint density at radius 2 is 1.56 bits per heavy atom. The second-order valence-electron chi connectivity index (χ2n) is 5.62. The van der Waals surface area contributed by atoms with Gasteiger partial charge < -0.3 is 0 Å². The second-order valence-corrected chi connectivity index (χ2v) is 6.37. The summed E-state index contributed by atoms with van der Waals surface area (Å²) in [6, 6.07) is 23.8. The lowest BCUT2D eigenvalue weighted by molar-refractivity contribution is -0.384. The zero-order valence-corrected chi connectivity index (χ0v) is 14.8. The van der Waals surface area contributed by atoms with Crippen LogP contribution in [0.4, 0.5) is 22.1 Å². The fourth-order valence-corrected chi connectivity index (χ4v) is 3.26. The zero-order valence-electron chi connectivity index (χ0n) is 14.0. The van der Waals surface area contributed by atoms with Gasteiger partial charge in [-0.05, 0) is 41.9 Å². The maximum atomic E-state index is 11.0. The van der Waals surface area contributed by atoms with Gasteiger partial charge in [-0.15, -0.1) is 5.11 Å². The van der Waals surface area contributed by atoms with E-state index < -0.39 is 4.92 Å². The summed E-state index contributed by atoms with van der Waals surface area (Å²) in [5.74, 6) is 0. The predicted molar refractivity (Wildman–Crippen MR) is 106 cm³/mol. The number of non-ortho nitro benzene ring substituents is 1. The minimum absolute atomic E-state index is 0.00197. The molecule has 27 heavy (non-hydrogen) atoms. The summed E-state index contributed by atoms with van der Waals surface area (Å²) in [5.41, 5.74) is 2.37. The highest BCUT2D eigenvalue weighted by Crippen LogP contribution is 2.34. The molecule has 0 aliphatic heterocycles. The minimum atomic E-state index is -0.432. The molecule has 7 nitrogen and oxygen atoms in total. The largest absolute Gasteiger partial charge is 0.270 e. The van der Waals surface area contributed by atoms with E-state index in [2.05, 4.69) is 14.7 Å². The van der Waals surface area contributed by atoms with Crippen molar-refractivity contribution in [3.05, 3.63) is 89.0 Å². The zero-order chi connectivity index (χ0) is 18.6. The number of nitro groups is 1. The van der Waals surface area contributed by atoms with Crippen LogP contribution in [0.15, 0.2) is 89.2 Å². The van der Waals surface area contributed by atoms with Crippen molar-refractivity contribution in [1.29, 1.82) is 0 Å². The molecule has 4 aromatic rings. The molecule has 0 spiro atoms. The van der Waals surface area contributed by atoms with Gasteiger partial charge in [0.25, 0.3) is 5.69 Å². The monoisotopic (exact) mass is 375 g/mol. The van der Waals surface area contributed by atoms with Gasteiger partial charge in [-0.25, -0.2) is 5.01 Å². The molecule has 0 saturated heterocycles. The number of aromatic nitrogens is 1. The number of para-hydroxylation sites is 2. The van der Waals surface area contributed by atoms with Gasteiger partial charge in [0.15, 0.2) is 5.00 Å². The molecule has 0 radical (unpaired) electrons. The highest BCUT2D eigenvalue weighted by Gasteiger charge is 2.13. The Hall–Kier alpha value is -3.65. The molecule has 0 aliphatic rings. The van der Waals surface area contributed by atoms with E-state index in [-0.39, 0.29) is 5.69 Å². The first-order valence-electron chi connectivity index (χ1n) is 8.08. The van der Waals surface area contributed by atoms with Crippen LogP contribution in [0.2, 0.25) is 0 Å².